The Hall–Kier alpha value is -4.24. The van der Waals surface area contributed by atoms with Crippen molar-refractivity contribution in [3.8, 4) is 11.3 Å². The number of hydrogen-bond acceptors (Lipinski definition) is 5. The van der Waals surface area contributed by atoms with Crippen LogP contribution >= 0.6 is 0 Å². The minimum atomic E-state index is -3.31. The third-order valence-corrected chi connectivity index (χ3v) is 7.79. The molecule has 0 aliphatic carbocycles. The Labute approximate surface area is 213 Å². The molecule has 9 heteroatoms. The van der Waals surface area contributed by atoms with Gasteiger partial charge in [-0.3, -0.25) is 9.59 Å². The van der Waals surface area contributed by atoms with Crippen molar-refractivity contribution in [3.05, 3.63) is 99.6 Å². The molecular weight excluding hydrogens is 488 g/mol. The van der Waals surface area contributed by atoms with Crippen LogP contribution < -0.4 is 10.9 Å². The van der Waals surface area contributed by atoms with Crippen molar-refractivity contribution in [2.24, 2.45) is 0 Å². The van der Waals surface area contributed by atoms with Crippen LogP contribution in [0.15, 0.2) is 76.4 Å². The number of benzene rings is 3. The second-order valence-electron chi connectivity index (χ2n) is 9.25. The number of amides is 1. The van der Waals surface area contributed by atoms with E-state index in [0.29, 0.717) is 22.5 Å². The molecule has 0 saturated heterocycles. The number of carbonyl (C=O) groups is 1. The summed E-state index contributed by atoms with van der Waals surface area (Å²) in [5, 5.41) is 9.57. The Bertz CT molecular complexity index is 1850. The first kappa shape index (κ1) is 24.5. The fourth-order valence-corrected chi connectivity index (χ4v) is 5.20. The van der Waals surface area contributed by atoms with Crippen molar-refractivity contribution in [2.45, 2.75) is 31.7 Å². The summed E-state index contributed by atoms with van der Waals surface area (Å²) in [6.07, 6.45) is 1.15. The van der Waals surface area contributed by atoms with Crippen molar-refractivity contribution >= 4 is 32.0 Å². The fourth-order valence-electron chi connectivity index (χ4n) is 4.57. The van der Waals surface area contributed by atoms with E-state index >= 15 is 0 Å². The lowest BCUT2D eigenvalue weighted by molar-refractivity contribution is 0.0934. The molecule has 0 aliphatic heterocycles. The summed E-state index contributed by atoms with van der Waals surface area (Å²) in [4.78, 5) is 29.5. The molecule has 1 atom stereocenters. The number of rotatable bonds is 5. The minimum Gasteiger partial charge on any atom is -0.344 e. The standard InChI is InChI=1S/C28H26N4O4S/c1-16-24(27(33)29-17(2)19-11-13-23(14-12-19)37(4,35)36)31-32-18(3)25(30-28(34)26(16)32)22-10-9-20-7-5-6-8-21(20)15-22/h5-15,17H,1-4H3,(H,29,33)(H,30,34). The normalized spacial score (nSPS) is 12.6. The molecular formula is C28H26N4O4S. The SMILES string of the molecule is Cc1c(C(=O)NC(C)c2ccc(S(C)(=O)=O)cc2)nn2c(C)c(-c3ccc4ccccc4c3)[nH]c(=O)c12. The zero-order valence-electron chi connectivity index (χ0n) is 20.9. The van der Waals surface area contributed by atoms with Gasteiger partial charge < -0.3 is 10.3 Å². The first-order valence-corrected chi connectivity index (χ1v) is 13.7. The van der Waals surface area contributed by atoms with Gasteiger partial charge in [0.25, 0.3) is 11.5 Å². The van der Waals surface area contributed by atoms with Crippen LogP contribution in [0.2, 0.25) is 0 Å². The van der Waals surface area contributed by atoms with E-state index in [2.05, 4.69) is 15.4 Å². The van der Waals surface area contributed by atoms with Gasteiger partial charge in [-0.15, -0.1) is 0 Å². The average Bonchev–Trinajstić information content (AvgIpc) is 3.23. The highest BCUT2D eigenvalue weighted by atomic mass is 32.2. The Morgan fingerprint density at radius 2 is 1.68 bits per heavy atom. The molecule has 188 valence electrons. The summed E-state index contributed by atoms with van der Waals surface area (Å²) >= 11 is 0. The molecule has 0 radical (unpaired) electrons. The molecule has 2 aromatic heterocycles. The van der Waals surface area contributed by atoms with Crippen LogP contribution in [0.3, 0.4) is 0 Å². The number of aromatic nitrogens is 3. The Kier molecular flexibility index (Phi) is 5.95. The molecule has 0 fully saturated rings. The highest BCUT2D eigenvalue weighted by Crippen LogP contribution is 2.26. The summed E-state index contributed by atoms with van der Waals surface area (Å²) in [5.74, 6) is -0.424. The smallest absolute Gasteiger partial charge is 0.274 e. The third kappa shape index (κ3) is 4.42. The van der Waals surface area contributed by atoms with Crippen LogP contribution in [0, 0.1) is 13.8 Å². The third-order valence-electron chi connectivity index (χ3n) is 6.66. The molecule has 8 nitrogen and oxygen atoms in total. The molecule has 2 heterocycles. The summed E-state index contributed by atoms with van der Waals surface area (Å²) < 4.78 is 25.0. The maximum absolute atomic E-state index is 13.2. The second-order valence-corrected chi connectivity index (χ2v) is 11.3. The van der Waals surface area contributed by atoms with E-state index in [1.807, 2.05) is 49.4 Å². The Morgan fingerprint density at radius 3 is 2.35 bits per heavy atom. The van der Waals surface area contributed by atoms with Crippen molar-refractivity contribution < 1.29 is 13.2 Å². The number of hydrogen-bond donors (Lipinski definition) is 2. The first-order valence-electron chi connectivity index (χ1n) is 11.8. The van der Waals surface area contributed by atoms with Gasteiger partial charge in [0, 0.05) is 17.4 Å². The molecule has 1 amide bonds. The molecule has 2 N–H and O–H groups in total. The number of aryl methyl sites for hydroxylation is 2. The Morgan fingerprint density at radius 1 is 1.00 bits per heavy atom. The number of carbonyl (C=O) groups excluding carboxylic acids is 1. The van der Waals surface area contributed by atoms with E-state index in [1.165, 1.54) is 16.6 Å². The first-order chi connectivity index (χ1) is 17.5. The lowest BCUT2D eigenvalue weighted by atomic mass is 10.0. The summed E-state index contributed by atoms with van der Waals surface area (Å²) in [6.45, 7) is 5.36. The number of nitrogens with zero attached hydrogens (tertiary/aromatic N) is 2. The average molecular weight is 515 g/mol. The van der Waals surface area contributed by atoms with E-state index in [0.717, 1.165) is 28.2 Å². The van der Waals surface area contributed by atoms with Crippen LogP contribution in [0.4, 0.5) is 0 Å². The molecule has 37 heavy (non-hydrogen) atoms. The van der Waals surface area contributed by atoms with Crippen molar-refractivity contribution in [1.29, 1.82) is 0 Å². The predicted molar refractivity (Wildman–Crippen MR) is 144 cm³/mol. The molecule has 0 spiro atoms. The monoisotopic (exact) mass is 514 g/mol. The minimum absolute atomic E-state index is 0.156. The van der Waals surface area contributed by atoms with E-state index in [1.54, 1.807) is 26.0 Å². The van der Waals surface area contributed by atoms with Crippen molar-refractivity contribution in [1.82, 2.24) is 19.9 Å². The van der Waals surface area contributed by atoms with Gasteiger partial charge in [0.1, 0.15) is 5.52 Å². The molecule has 0 bridgehead atoms. The Balaban J connectivity index is 1.49. The number of nitrogens with one attached hydrogen (secondary N) is 2. The summed E-state index contributed by atoms with van der Waals surface area (Å²) in [5.41, 5.74) is 3.55. The molecule has 0 aliphatic rings. The maximum Gasteiger partial charge on any atom is 0.274 e. The lowest BCUT2D eigenvalue weighted by Gasteiger charge is -2.14. The lowest BCUT2D eigenvalue weighted by Crippen LogP contribution is -2.27. The van der Waals surface area contributed by atoms with Crippen molar-refractivity contribution in [3.63, 3.8) is 0 Å². The van der Waals surface area contributed by atoms with Crippen LogP contribution in [0.25, 0.3) is 27.5 Å². The zero-order chi connectivity index (χ0) is 26.5. The highest BCUT2D eigenvalue weighted by molar-refractivity contribution is 7.90. The van der Waals surface area contributed by atoms with Crippen LogP contribution in [0.1, 0.15) is 40.3 Å². The number of H-pyrrole nitrogens is 1. The topological polar surface area (TPSA) is 113 Å². The van der Waals surface area contributed by atoms with Gasteiger partial charge in [0.05, 0.1) is 22.3 Å². The molecule has 5 aromatic rings. The van der Waals surface area contributed by atoms with E-state index in [-0.39, 0.29) is 16.1 Å². The zero-order valence-corrected chi connectivity index (χ0v) is 21.7. The number of sulfone groups is 1. The largest absolute Gasteiger partial charge is 0.344 e. The maximum atomic E-state index is 13.2. The molecule has 0 saturated carbocycles. The van der Waals surface area contributed by atoms with Crippen LogP contribution in [-0.2, 0) is 9.84 Å². The van der Waals surface area contributed by atoms with Gasteiger partial charge in [-0.2, -0.15) is 5.10 Å². The summed E-state index contributed by atoms with van der Waals surface area (Å²) in [7, 11) is -3.31. The van der Waals surface area contributed by atoms with E-state index < -0.39 is 21.8 Å². The fraction of sp³-hybridized carbons (Fsp3) is 0.179. The van der Waals surface area contributed by atoms with Crippen LogP contribution in [0.5, 0.6) is 0 Å². The quantitative estimate of drug-likeness (QED) is 0.362. The number of aromatic amines is 1. The molecule has 5 rings (SSSR count). The second kappa shape index (κ2) is 9.01. The highest BCUT2D eigenvalue weighted by Gasteiger charge is 2.23. The van der Waals surface area contributed by atoms with Gasteiger partial charge in [0.15, 0.2) is 15.5 Å². The number of fused-ring (bicyclic) bond motifs is 2. The summed E-state index contributed by atoms with van der Waals surface area (Å²) in [6, 6.07) is 19.9. The van der Waals surface area contributed by atoms with Gasteiger partial charge in [-0.1, -0.05) is 48.5 Å². The van der Waals surface area contributed by atoms with Crippen molar-refractivity contribution in [2.75, 3.05) is 6.26 Å². The molecule has 3 aromatic carbocycles. The predicted octanol–water partition coefficient (Wildman–Crippen LogP) is 4.35. The van der Waals surface area contributed by atoms with Gasteiger partial charge in [0.2, 0.25) is 0 Å². The van der Waals surface area contributed by atoms with Gasteiger partial charge in [-0.05, 0) is 55.3 Å². The van der Waals surface area contributed by atoms with Crippen LogP contribution in [-0.4, -0.2) is 35.2 Å². The van der Waals surface area contributed by atoms with E-state index in [9.17, 15) is 18.0 Å². The van der Waals surface area contributed by atoms with E-state index in [4.69, 9.17) is 0 Å². The van der Waals surface area contributed by atoms with Gasteiger partial charge in [-0.25, -0.2) is 12.9 Å². The van der Waals surface area contributed by atoms with Gasteiger partial charge >= 0.3 is 0 Å². The molecule has 1 unspecified atom stereocenters.